The minimum Gasteiger partial charge on any atom is -0.308 e. The molecule has 0 spiro atoms. The summed E-state index contributed by atoms with van der Waals surface area (Å²) in [5.41, 5.74) is 4.07. The normalized spacial score (nSPS) is 10.8. The van der Waals surface area contributed by atoms with E-state index in [0.29, 0.717) is 23.3 Å². The van der Waals surface area contributed by atoms with Gasteiger partial charge in [-0.3, -0.25) is 0 Å². The van der Waals surface area contributed by atoms with E-state index in [4.69, 9.17) is 5.84 Å². The quantitative estimate of drug-likeness (QED) is 0.531. The molecule has 2 heterocycles. The van der Waals surface area contributed by atoms with E-state index in [1.54, 1.807) is 6.20 Å². The van der Waals surface area contributed by atoms with Gasteiger partial charge in [0.2, 0.25) is 0 Å². The number of nitrogens with two attached hydrogens (primary N) is 1. The fraction of sp³-hybridized carbons (Fsp3) is 0.400. The standard InChI is InChI=1S/C10H15N7/c1-6(2)3-7-4-9(15-11)14-10(13-7)8-5-12-17-16-8/h4-6H,3,11H2,1-2H3,(H,12,16,17)(H,13,14,15). The summed E-state index contributed by atoms with van der Waals surface area (Å²) in [5.74, 6) is 7.00. The Labute approximate surface area is 98.8 Å². The van der Waals surface area contributed by atoms with Crippen LogP contribution in [-0.4, -0.2) is 25.4 Å². The summed E-state index contributed by atoms with van der Waals surface area (Å²) in [6.07, 6.45) is 2.44. The summed E-state index contributed by atoms with van der Waals surface area (Å²) in [6, 6.07) is 1.84. The van der Waals surface area contributed by atoms with Crippen molar-refractivity contribution in [1.82, 2.24) is 25.4 Å². The molecule has 0 aliphatic carbocycles. The molecule has 17 heavy (non-hydrogen) atoms. The van der Waals surface area contributed by atoms with Gasteiger partial charge in [0.1, 0.15) is 11.5 Å². The maximum atomic E-state index is 5.39. The smallest absolute Gasteiger partial charge is 0.184 e. The molecule has 7 nitrogen and oxygen atoms in total. The number of aromatic nitrogens is 5. The number of anilines is 1. The van der Waals surface area contributed by atoms with Crippen LogP contribution in [-0.2, 0) is 6.42 Å². The van der Waals surface area contributed by atoms with Crippen LogP contribution in [0, 0.1) is 5.92 Å². The van der Waals surface area contributed by atoms with Crippen LogP contribution in [0.25, 0.3) is 11.5 Å². The number of hydrazine groups is 1. The zero-order chi connectivity index (χ0) is 12.3. The van der Waals surface area contributed by atoms with Gasteiger partial charge in [-0.25, -0.2) is 15.8 Å². The Bertz CT molecular complexity index is 477. The van der Waals surface area contributed by atoms with Gasteiger partial charge < -0.3 is 5.43 Å². The lowest BCUT2D eigenvalue weighted by molar-refractivity contribution is 0.634. The first-order valence-electron chi connectivity index (χ1n) is 5.39. The fourth-order valence-electron chi connectivity index (χ4n) is 1.52. The molecular weight excluding hydrogens is 218 g/mol. The average Bonchev–Trinajstić information content (AvgIpc) is 2.81. The zero-order valence-corrected chi connectivity index (χ0v) is 9.81. The van der Waals surface area contributed by atoms with E-state index >= 15 is 0 Å². The Morgan fingerprint density at radius 2 is 2.24 bits per heavy atom. The maximum Gasteiger partial charge on any atom is 0.184 e. The lowest BCUT2D eigenvalue weighted by atomic mass is 10.1. The van der Waals surface area contributed by atoms with Crippen molar-refractivity contribution in [3.63, 3.8) is 0 Å². The highest BCUT2D eigenvalue weighted by Gasteiger charge is 2.09. The van der Waals surface area contributed by atoms with Crippen molar-refractivity contribution >= 4 is 5.82 Å². The van der Waals surface area contributed by atoms with Crippen LogP contribution in [0.4, 0.5) is 5.82 Å². The molecule has 90 valence electrons. The number of nitrogens with one attached hydrogen (secondary N) is 2. The van der Waals surface area contributed by atoms with Crippen molar-refractivity contribution < 1.29 is 0 Å². The molecule has 0 aliphatic rings. The molecule has 0 aromatic carbocycles. The largest absolute Gasteiger partial charge is 0.308 e. The van der Waals surface area contributed by atoms with E-state index in [1.165, 1.54) is 0 Å². The van der Waals surface area contributed by atoms with E-state index in [-0.39, 0.29) is 0 Å². The van der Waals surface area contributed by atoms with Crippen molar-refractivity contribution in [2.24, 2.45) is 11.8 Å². The molecule has 0 radical (unpaired) electrons. The van der Waals surface area contributed by atoms with Crippen LogP contribution in [0.2, 0.25) is 0 Å². The molecule has 2 rings (SSSR count). The molecule has 2 aromatic heterocycles. The summed E-state index contributed by atoms with van der Waals surface area (Å²) in [6.45, 7) is 4.26. The highest BCUT2D eigenvalue weighted by atomic mass is 15.3. The molecule has 0 saturated carbocycles. The number of rotatable bonds is 4. The van der Waals surface area contributed by atoms with Crippen LogP contribution in [0.1, 0.15) is 19.5 Å². The number of H-pyrrole nitrogens is 1. The van der Waals surface area contributed by atoms with Crippen LogP contribution in [0.15, 0.2) is 12.3 Å². The van der Waals surface area contributed by atoms with Gasteiger partial charge in [-0.15, -0.1) is 0 Å². The zero-order valence-electron chi connectivity index (χ0n) is 9.81. The number of hydrogen-bond donors (Lipinski definition) is 3. The third-order valence-corrected chi connectivity index (χ3v) is 2.19. The van der Waals surface area contributed by atoms with E-state index in [9.17, 15) is 0 Å². The minimum absolute atomic E-state index is 0.515. The summed E-state index contributed by atoms with van der Waals surface area (Å²) >= 11 is 0. The van der Waals surface area contributed by atoms with Crippen LogP contribution < -0.4 is 11.3 Å². The van der Waals surface area contributed by atoms with Gasteiger partial charge in [-0.2, -0.15) is 15.4 Å². The van der Waals surface area contributed by atoms with Gasteiger partial charge in [-0.05, 0) is 12.3 Å². The topological polar surface area (TPSA) is 105 Å². The lowest BCUT2D eigenvalue weighted by Crippen LogP contribution is -2.11. The Morgan fingerprint density at radius 1 is 1.41 bits per heavy atom. The molecule has 2 aromatic rings. The van der Waals surface area contributed by atoms with Crippen molar-refractivity contribution in [2.75, 3.05) is 5.43 Å². The predicted molar refractivity (Wildman–Crippen MR) is 63.8 cm³/mol. The summed E-state index contributed by atoms with van der Waals surface area (Å²) in [5, 5.41) is 10.2. The maximum absolute atomic E-state index is 5.39. The van der Waals surface area contributed by atoms with E-state index in [1.807, 2.05) is 6.07 Å². The Morgan fingerprint density at radius 3 is 2.82 bits per heavy atom. The van der Waals surface area contributed by atoms with Crippen molar-refractivity contribution in [3.8, 4) is 11.5 Å². The van der Waals surface area contributed by atoms with E-state index < -0.39 is 0 Å². The first kappa shape index (κ1) is 11.5. The molecule has 0 fully saturated rings. The summed E-state index contributed by atoms with van der Waals surface area (Å²) < 4.78 is 0. The Balaban J connectivity index is 2.38. The molecular formula is C10H15N7. The SMILES string of the molecule is CC(C)Cc1cc(NN)nc(-c2cn[nH]n2)n1. The molecule has 7 heteroatoms. The second-order valence-corrected chi connectivity index (χ2v) is 4.17. The molecule has 0 amide bonds. The average molecular weight is 233 g/mol. The molecule has 0 unspecified atom stereocenters. The number of nitrogens with zero attached hydrogens (tertiary/aromatic N) is 4. The highest BCUT2D eigenvalue weighted by Crippen LogP contribution is 2.16. The second-order valence-electron chi connectivity index (χ2n) is 4.17. The number of nitrogen functional groups attached to an aromatic ring is 1. The van der Waals surface area contributed by atoms with Crippen LogP contribution >= 0.6 is 0 Å². The van der Waals surface area contributed by atoms with E-state index in [2.05, 4.69) is 44.7 Å². The van der Waals surface area contributed by atoms with Gasteiger partial charge >= 0.3 is 0 Å². The number of hydrogen-bond acceptors (Lipinski definition) is 6. The molecule has 0 atom stereocenters. The van der Waals surface area contributed by atoms with Crippen LogP contribution in [0.3, 0.4) is 0 Å². The van der Waals surface area contributed by atoms with Gasteiger partial charge in [0.25, 0.3) is 0 Å². The van der Waals surface area contributed by atoms with Crippen molar-refractivity contribution in [2.45, 2.75) is 20.3 Å². The third kappa shape index (κ3) is 2.76. The molecule has 0 bridgehead atoms. The summed E-state index contributed by atoms with van der Waals surface area (Å²) in [4.78, 5) is 8.67. The predicted octanol–water partition coefficient (Wildman–Crippen LogP) is 0.746. The van der Waals surface area contributed by atoms with Gasteiger partial charge in [0, 0.05) is 11.8 Å². The first-order valence-corrected chi connectivity index (χ1v) is 5.39. The van der Waals surface area contributed by atoms with E-state index in [0.717, 1.165) is 12.1 Å². The van der Waals surface area contributed by atoms with Gasteiger partial charge in [0.05, 0.1) is 6.20 Å². The Kier molecular flexibility index (Phi) is 3.29. The monoisotopic (exact) mass is 233 g/mol. The van der Waals surface area contributed by atoms with Crippen molar-refractivity contribution in [1.29, 1.82) is 0 Å². The molecule has 0 aliphatic heterocycles. The minimum atomic E-state index is 0.515. The van der Waals surface area contributed by atoms with Crippen LogP contribution in [0.5, 0.6) is 0 Å². The third-order valence-electron chi connectivity index (χ3n) is 2.19. The molecule has 0 saturated heterocycles. The number of aromatic amines is 1. The lowest BCUT2D eigenvalue weighted by Gasteiger charge is -2.07. The highest BCUT2D eigenvalue weighted by molar-refractivity contribution is 5.51. The first-order chi connectivity index (χ1) is 8.19. The summed E-state index contributed by atoms with van der Waals surface area (Å²) in [7, 11) is 0. The fourth-order valence-corrected chi connectivity index (χ4v) is 1.52. The van der Waals surface area contributed by atoms with Crippen molar-refractivity contribution in [3.05, 3.63) is 18.0 Å². The molecule has 4 N–H and O–H groups in total. The Hall–Kier alpha value is -2.02. The second kappa shape index (κ2) is 4.88. The van der Waals surface area contributed by atoms with Gasteiger partial charge in [0.15, 0.2) is 5.82 Å². The van der Waals surface area contributed by atoms with Gasteiger partial charge in [-0.1, -0.05) is 13.8 Å².